The predicted octanol–water partition coefficient (Wildman–Crippen LogP) is 2.37. The summed E-state index contributed by atoms with van der Waals surface area (Å²) in [6.07, 6.45) is 0.448. The molecule has 0 amide bonds. The van der Waals surface area contributed by atoms with Crippen LogP contribution in [0.4, 0.5) is 5.69 Å². The zero-order chi connectivity index (χ0) is 18.0. The number of hydrogen-bond donors (Lipinski definition) is 1. The van der Waals surface area contributed by atoms with Crippen molar-refractivity contribution in [1.29, 1.82) is 0 Å². The topological polar surface area (TPSA) is 93.1 Å². The number of methoxy groups -OCH3 is 1. The fourth-order valence-corrected chi connectivity index (χ4v) is 4.22. The summed E-state index contributed by atoms with van der Waals surface area (Å²) >= 11 is 0. The van der Waals surface area contributed by atoms with E-state index in [2.05, 4.69) is 0 Å². The first-order valence-corrected chi connectivity index (χ1v) is 9.05. The van der Waals surface area contributed by atoms with Crippen molar-refractivity contribution >= 4 is 21.7 Å². The summed E-state index contributed by atoms with van der Waals surface area (Å²) in [6.45, 7) is 0.441. The monoisotopic (exact) mass is 363 g/mol. The van der Waals surface area contributed by atoms with Crippen LogP contribution in [0.3, 0.4) is 0 Å². The van der Waals surface area contributed by atoms with Crippen LogP contribution < -0.4 is 13.8 Å². The molecule has 25 heavy (non-hydrogen) atoms. The maximum absolute atomic E-state index is 13.1. The van der Waals surface area contributed by atoms with Crippen molar-refractivity contribution in [1.82, 2.24) is 0 Å². The molecule has 0 radical (unpaired) electrons. The molecule has 0 saturated heterocycles. The lowest BCUT2D eigenvalue weighted by Crippen LogP contribution is -2.32. The van der Waals surface area contributed by atoms with E-state index in [1.54, 1.807) is 18.2 Å². The maximum Gasteiger partial charge on any atom is 0.337 e. The molecule has 0 aliphatic carbocycles. The predicted molar refractivity (Wildman–Crippen MR) is 91.0 cm³/mol. The maximum atomic E-state index is 13.1. The standard InChI is InChI=1S/C17H17NO6S/c1-23-12-6-8-13(9-7-12)25(21,22)18-10-3-11-24-15-5-2-4-14(16(15)18)17(19)20/h2,4-9H,3,10-11H2,1H3,(H,19,20). The molecular weight excluding hydrogens is 346 g/mol. The van der Waals surface area contributed by atoms with Gasteiger partial charge in [0.15, 0.2) is 0 Å². The van der Waals surface area contributed by atoms with E-state index in [1.807, 2.05) is 0 Å². The fraction of sp³-hybridized carbons (Fsp3) is 0.235. The number of anilines is 1. The molecule has 0 unspecified atom stereocenters. The normalized spacial score (nSPS) is 14.2. The first kappa shape index (κ1) is 17.1. The molecular formula is C17H17NO6S. The van der Waals surface area contributed by atoms with E-state index in [0.717, 1.165) is 4.31 Å². The molecule has 1 aliphatic rings. The number of hydrogen-bond acceptors (Lipinski definition) is 5. The van der Waals surface area contributed by atoms with Crippen molar-refractivity contribution in [3.05, 3.63) is 48.0 Å². The Balaban J connectivity index is 2.15. The lowest BCUT2D eigenvalue weighted by molar-refractivity contribution is 0.0697. The van der Waals surface area contributed by atoms with Gasteiger partial charge in [-0.2, -0.15) is 0 Å². The third-order valence-electron chi connectivity index (χ3n) is 3.89. The number of fused-ring (bicyclic) bond motifs is 1. The molecule has 1 aliphatic heterocycles. The van der Waals surface area contributed by atoms with E-state index < -0.39 is 16.0 Å². The molecule has 8 heteroatoms. The molecule has 0 spiro atoms. The number of sulfonamides is 1. The van der Waals surface area contributed by atoms with Crippen molar-refractivity contribution in [3.8, 4) is 11.5 Å². The highest BCUT2D eigenvalue weighted by atomic mass is 32.2. The lowest BCUT2D eigenvalue weighted by atomic mass is 10.1. The highest BCUT2D eigenvalue weighted by Gasteiger charge is 2.32. The molecule has 3 rings (SSSR count). The molecule has 0 aromatic heterocycles. The van der Waals surface area contributed by atoms with Crippen LogP contribution in [0.1, 0.15) is 16.8 Å². The molecule has 1 N–H and O–H groups in total. The Morgan fingerprint density at radius 3 is 2.56 bits per heavy atom. The fourth-order valence-electron chi connectivity index (χ4n) is 2.69. The zero-order valence-corrected chi connectivity index (χ0v) is 14.3. The second-order valence-corrected chi connectivity index (χ2v) is 7.27. The van der Waals surface area contributed by atoms with E-state index in [4.69, 9.17) is 9.47 Å². The quantitative estimate of drug-likeness (QED) is 0.896. The minimum absolute atomic E-state index is 0.0568. The minimum Gasteiger partial charge on any atom is -0.497 e. The minimum atomic E-state index is -3.95. The van der Waals surface area contributed by atoms with Gasteiger partial charge < -0.3 is 14.6 Å². The second-order valence-electron chi connectivity index (χ2n) is 5.41. The number of nitrogens with zero attached hydrogens (tertiary/aromatic N) is 1. The molecule has 0 atom stereocenters. The van der Waals surface area contributed by atoms with E-state index in [0.29, 0.717) is 18.8 Å². The van der Waals surface area contributed by atoms with Crippen LogP contribution in [-0.2, 0) is 10.0 Å². The number of aromatic carboxylic acids is 1. The van der Waals surface area contributed by atoms with E-state index >= 15 is 0 Å². The number of carboxylic acids is 1. The molecule has 7 nitrogen and oxygen atoms in total. The van der Waals surface area contributed by atoms with Crippen LogP contribution in [0.15, 0.2) is 47.4 Å². The van der Waals surface area contributed by atoms with Gasteiger partial charge in [0, 0.05) is 13.0 Å². The van der Waals surface area contributed by atoms with E-state index in [-0.39, 0.29) is 28.4 Å². The summed E-state index contributed by atoms with van der Waals surface area (Å²) in [5, 5.41) is 9.46. The van der Waals surface area contributed by atoms with Crippen LogP contribution in [0, 0.1) is 0 Å². The van der Waals surface area contributed by atoms with Gasteiger partial charge >= 0.3 is 5.97 Å². The SMILES string of the molecule is COc1ccc(S(=O)(=O)N2CCCOc3cccc(C(=O)O)c32)cc1. The Morgan fingerprint density at radius 2 is 1.92 bits per heavy atom. The van der Waals surface area contributed by atoms with Gasteiger partial charge in [-0.15, -0.1) is 0 Å². The average molecular weight is 363 g/mol. The third kappa shape index (κ3) is 3.12. The number of ether oxygens (including phenoxy) is 2. The molecule has 1 heterocycles. The molecule has 132 valence electrons. The zero-order valence-electron chi connectivity index (χ0n) is 13.5. The van der Waals surface area contributed by atoms with Crippen LogP contribution in [0.25, 0.3) is 0 Å². The van der Waals surface area contributed by atoms with Crippen LogP contribution in [0.2, 0.25) is 0 Å². The Morgan fingerprint density at radius 1 is 1.20 bits per heavy atom. The summed E-state index contributed by atoms with van der Waals surface area (Å²) in [4.78, 5) is 11.6. The Kier molecular flexibility index (Phi) is 4.54. The van der Waals surface area contributed by atoms with Crippen LogP contribution in [0.5, 0.6) is 11.5 Å². The van der Waals surface area contributed by atoms with Crippen molar-refractivity contribution in [2.45, 2.75) is 11.3 Å². The van der Waals surface area contributed by atoms with Gasteiger partial charge in [-0.3, -0.25) is 4.31 Å². The van der Waals surface area contributed by atoms with E-state index in [9.17, 15) is 18.3 Å². The number of para-hydroxylation sites is 1. The molecule has 0 saturated carbocycles. The van der Waals surface area contributed by atoms with Gasteiger partial charge in [0.25, 0.3) is 10.0 Å². The van der Waals surface area contributed by atoms with Gasteiger partial charge in [-0.1, -0.05) is 6.07 Å². The Labute approximate surface area is 145 Å². The first-order chi connectivity index (χ1) is 11.9. The number of carboxylic acid groups (broad SMARTS) is 1. The third-order valence-corrected chi connectivity index (χ3v) is 5.70. The highest BCUT2D eigenvalue weighted by Crippen LogP contribution is 2.38. The Hall–Kier alpha value is -2.74. The van der Waals surface area contributed by atoms with Crippen molar-refractivity contribution in [2.75, 3.05) is 24.6 Å². The largest absolute Gasteiger partial charge is 0.497 e. The molecule has 0 bridgehead atoms. The van der Waals surface area contributed by atoms with Gasteiger partial charge in [0.05, 0.1) is 24.2 Å². The lowest BCUT2D eigenvalue weighted by Gasteiger charge is -2.25. The van der Waals surface area contributed by atoms with Crippen LogP contribution >= 0.6 is 0 Å². The summed E-state index contributed by atoms with van der Waals surface area (Å²) in [7, 11) is -2.45. The number of rotatable bonds is 4. The van der Waals surface area contributed by atoms with Gasteiger partial charge in [-0.05, 0) is 36.4 Å². The van der Waals surface area contributed by atoms with Crippen molar-refractivity contribution in [2.24, 2.45) is 0 Å². The van der Waals surface area contributed by atoms with Gasteiger partial charge in [0.2, 0.25) is 0 Å². The summed E-state index contributed by atoms with van der Waals surface area (Å²) in [5.41, 5.74) is -0.0557. The van der Waals surface area contributed by atoms with Crippen molar-refractivity contribution < 1.29 is 27.8 Å². The van der Waals surface area contributed by atoms with Crippen molar-refractivity contribution in [3.63, 3.8) is 0 Å². The summed E-state index contributed by atoms with van der Waals surface area (Å²) in [6, 6.07) is 10.4. The smallest absolute Gasteiger partial charge is 0.337 e. The van der Waals surface area contributed by atoms with Gasteiger partial charge in [-0.25, -0.2) is 13.2 Å². The second kappa shape index (κ2) is 6.64. The molecule has 0 fully saturated rings. The van der Waals surface area contributed by atoms with Gasteiger partial charge in [0.1, 0.15) is 17.2 Å². The number of carbonyl (C=O) groups is 1. The Bertz CT molecular complexity index is 892. The molecule has 2 aromatic carbocycles. The highest BCUT2D eigenvalue weighted by molar-refractivity contribution is 7.92. The first-order valence-electron chi connectivity index (χ1n) is 7.61. The van der Waals surface area contributed by atoms with E-state index in [1.165, 1.54) is 31.4 Å². The summed E-state index contributed by atoms with van der Waals surface area (Å²) in [5.74, 6) is -0.434. The molecule has 2 aromatic rings. The number of benzene rings is 2. The van der Waals surface area contributed by atoms with Crippen LogP contribution in [-0.4, -0.2) is 39.8 Å². The average Bonchev–Trinajstić information content (AvgIpc) is 2.84. The summed E-state index contributed by atoms with van der Waals surface area (Å²) < 4.78 is 37.9.